The zero-order valence-electron chi connectivity index (χ0n) is 11.3. The molecule has 1 aliphatic rings. The normalized spacial score (nSPS) is 22.5. The van der Waals surface area contributed by atoms with Crippen molar-refractivity contribution in [1.29, 1.82) is 0 Å². The van der Waals surface area contributed by atoms with Crippen molar-refractivity contribution in [2.75, 3.05) is 13.1 Å². The van der Waals surface area contributed by atoms with E-state index in [0.29, 0.717) is 6.54 Å². The number of hydrogen-bond donors (Lipinski definition) is 1. The minimum absolute atomic E-state index is 0.518. The van der Waals surface area contributed by atoms with Gasteiger partial charge in [-0.2, -0.15) is 13.2 Å². The van der Waals surface area contributed by atoms with Crippen molar-refractivity contribution in [3.8, 4) is 0 Å². The van der Waals surface area contributed by atoms with E-state index in [0.717, 1.165) is 52.0 Å². The number of halogens is 3. The molecule has 0 heterocycles. The zero-order chi connectivity index (χ0) is 13.6. The molecule has 0 spiro atoms. The monoisotopic (exact) mass is 267 g/mol. The lowest BCUT2D eigenvalue weighted by atomic mass is 9.93. The Labute approximate surface area is 107 Å². The summed E-state index contributed by atoms with van der Waals surface area (Å²) in [5.41, 5.74) is -0.637. The van der Waals surface area contributed by atoms with E-state index in [1.807, 2.05) is 6.92 Å². The van der Waals surface area contributed by atoms with Gasteiger partial charge in [-0.05, 0) is 26.3 Å². The molecule has 0 radical (unpaired) electrons. The van der Waals surface area contributed by atoms with Gasteiger partial charge in [-0.25, -0.2) is 0 Å². The molecule has 0 aromatic heterocycles. The number of nitrogens with one attached hydrogen (secondary N) is 1. The molecule has 0 saturated heterocycles. The van der Waals surface area contributed by atoms with Crippen LogP contribution in [0.3, 0.4) is 0 Å². The molecule has 0 amide bonds. The highest BCUT2D eigenvalue weighted by Crippen LogP contribution is 2.34. The summed E-state index contributed by atoms with van der Waals surface area (Å²) >= 11 is 0. The SMILES string of the molecule is CCNCC1(OC(C)C(F)(F)F)CCCCCC1. The van der Waals surface area contributed by atoms with Crippen molar-refractivity contribution >= 4 is 0 Å². The van der Waals surface area contributed by atoms with E-state index in [2.05, 4.69) is 5.32 Å². The molecule has 0 aromatic carbocycles. The van der Waals surface area contributed by atoms with E-state index >= 15 is 0 Å². The van der Waals surface area contributed by atoms with Gasteiger partial charge in [0.1, 0.15) is 0 Å². The van der Waals surface area contributed by atoms with Crippen LogP contribution in [0.4, 0.5) is 13.2 Å². The third kappa shape index (κ3) is 4.76. The maximum Gasteiger partial charge on any atom is 0.414 e. The second-order valence-electron chi connectivity index (χ2n) is 5.18. The molecule has 1 aliphatic carbocycles. The van der Waals surface area contributed by atoms with Crippen LogP contribution in [-0.2, 0) is 4.74 Å². The average molecular weight is 267 g/mol. The number of hydrogen-bond acceptors (Lipinski definition) is 2. The first kappa shape index (κ1) is 15.8. The lowest BCUT2D eigenvalue weighted by Gasteiger charge is -2.36. The van der Waals surface area contributed by atoms with Gasteiger partial charge in [0, 0.05) is 6.54 Å². The summed E-state index contributed by atoms with van der Waals surface area (Å²) < 4.78 is 43.4. The Kier molecular flexibility index (Phi) is 5.92. The van der Waals surface area contributed by atoms with Crippen molar-refractivity contribution in [3.63, 3.8) is 0 Å². The van der Waals surface area contributed by atoms with Gasteiger partial charge in [0.2, 0.25) is 0 Å². The topological polar surface area (TPSA) is 21.3 Å². The fourth-order valence-corrected chi connectivity index (χ4v) is 2.50. The molecule has 1 atom stereocenters. The van der Waals surface area contributed by atoms with Gasteiger partial charge in [0.15, 0.2) is 6.10 Å². The molecule has 2 nitrogen and oxygen atoms in total. The highest BCUT2D eigenvalue weighted by Gasteiger charge is 2.43. The van der Waals surface area contributed by atoms with Crippen LogP contribution in [0.25, 0.3) is 0 Å². The van der Waals surface area contributed by atoms with Gasteiger partial charge in [-0.15, -0.1) is 0 Å². The Morgan fingerprint density at radius 1 is 1.17 bits per heavy atom. The van der Waals surface area contributed by atoms with E-state index in [1.165, 1.54) is 0 Å². The lowest BCUT2D eigenvalue weighted by Crippen LogP contribution is -2.47. The molecule has 1 rings (SSSR count). The number of ether oxygens (including phenoxy) is 1. The molecular weight excluding hydrogens is 243 g/mol. The van der Waals surface area contributed by atoms with Gasteiger partial charge in [-0.1, -0.05) is 32.6 Å². The van der Waals surface area contributed by atoms with Crippen LogP contribution in [0.15, 0.2) is 0 Å². The van der Waals surface area contributed by atoms with Crippen molar-refractivity contribution < 1.29 is 17.9 Å². The van der Waals surface area contributed by atoms with Crippen LogP contribution < -0.4 is 5.32 Å². The van der Waals surface area contributed by atoms with Crippen LogP contribution in [0.1, 0.15) is 52.4 Å². The predicted octanol–water partition coefficient (Wildman–Crippen LogP) is 3.66. The first-order valence-corrected chi connectivity index (χ1v) is 6.85. The smallest absolute Gasteiger partial charge is 0.361 e. The minimum atomic E-state index is -4.27. The van der Waals surface area contributed by atoms with Gasteiger partial charge < -0.3 is 10.1 Å². The molecule has 1 unspecified atom stereocenters. The van der Waals surface area contributed by atoms with E-state index in [1.54, 1.807) is 0 Å². The number of likely N-dealkylation sites (N-methyl/N-ethyl adjacent to an activating group) is 1. The van der Waals surface area contributed by atoms with Gasteiger partial charge >= 0.3 is 6.18 Å². The summed E-state index contributed by atoms with van der Waals surface area (Å²) in [6.45, 7) is 4.34. The van der Waals surface area contributed by atoms with E-state index in [-0.39, 0.29) is 0 Å². The Morgan fingerprint density at radius 3 is 2.17 bits per heavy atom. The Bertz CT molecular complexity index is 235. The summed E-state index contributed by atoms with van der Waals surface area (Å²) in [5, 5.41) is 3.15. The van der Waals surface area contributed by atoms with Crippen molar-refractivity contribution in [2.24, 2.45) is 0 Å². The van der Waals surface area contributed by atoms with E-state index < -0.39 is 17.9 Å². The largest absolute Gasteiger partial charge is 0.414 e. The number of rotatable bonds is 5. The van der Waals surface area contributed by atoms with Gasteiger partial charge in [0.25, 0.3) is 0 Å². The molecule has 108 valence electrons. The Balaban J connectivity index is 2.69. The van der Waals surface area contributed by atoms with Gasteiger partial charge in [0.05, 0.1) is 5.60 Å². The fourth-order valence-electron chi connectivity index (χ4n) is 2.50. The molecule has 0 aliphatic heterocycles. The first-order valence-electron chi connectivity index (χ1n) is 6.85. The maximum absolute atomic E-state index is 12.7. The third-order valence-electron chi connectivity index (χ3n) is 3.60. The van der Waals surface area contributed by atoms with Crippen molar-refractivity contribution in [1.82, 2.24) is 5.32 Å². The predicted molar refractivity (Wildman–Crippen MR) is 65.6 cm³/mol. The molecule has 1 fully saturated rings. The highest BCUT2D eigenvalue weighted by atomic mass is 19.4. The van der Waals surface area contributed by atoms with Crippen LogP contribution in [0.5, 0.6) is 0 Å². The minimum Gasteiger partial charge on any atom is -0.361 e. The highest BCUT2D eigenvalue weighted by molar-refractivity contribution is 4.87. The molecule has 1 saturated carbocycles. The van der Waals surface area contributed by atoms with E-state index in [4.69, 9.17) is 4.74 Å². The average Bonchev–Trinajstić information content (AvgIpc) is 2.51. The van der Waals surface area contributed by atoms with Crippen molar-refractivity contribution in [2.45, 2.75) is 70.3 Å². The second kappa shape index (κ2) is 6.75. The van der Waals surface area contributed by atoms with Crippen LogP contribution in [-0.4, -0.2) is 31.0 Å². The molecular formula is C13H24F3NO. The summed E-state index contributed by atoms with van der Waals surface area (Å²) in [5.74, 6) is 0. The van der Waals surface area contributed by atoms with Crippen molar-refractivity contribution in [3.05, 3.63) is 0 Å². The van der Waals surface area contributed by atoms with Gasteiger partial charge in [-0.3, -0.25) is 0 Å². The van der Waals surface area contributed by atoms with Crippen LogP contribution in [0, 0.1) is 0 Å². The molecule has 18 heavy (non-hydrogen) atoms. The molecule has 0 aromatic rings. The Hall–Kier alpha value is -0.290. The second-order valence-corrected chi connectivity index (χ2v) is 5.18. The Morgan fingerprint density at radius 2 is 1.72 bits per heavy atom. The standard InChI is InChI=1S/C13H24F3NO/c1-3-17-10-12(8-6-4-5-7-9-12)18-11(2)13(14,15)16/h11,17H,3-10H2,1-2H3. The molecule has 1 N–H and O–H groups in total. The summed E-state index contributed by atoms with van der Waals surface area (Å²) in [6.07, 6.45) is -0.414. The third-order valence-corrected chi connectivity index (χ3v) is 3.60. The van der Waals surface area contributed by atoms with E-state index in [9.17, 15) is 13.2 Å². The summed E-state index contributed by atoms with van der Waals surface area (Å²) in [4.78, 5) is 0. The summed E-state index contributed by atoms with van der Waals surface area (Å²) in [7, 11) is 0. The molecule has 5 heteroatoms. The number of alkyl halides is 3. The van der Waals surface area contributed by atoms with Crippen LogP contribution >= 0.6 is 0 Å². The lowest BCUT2D eigenvalue weighted by molar-refractivity contribution is -0.248. The zero-order valence-corrected chi connectivity index (χ0v) is 11.3. The maximum atomic E-state index is 12.7. The quantitative estimate of drug-likeness (QED) is 0.768. The summed E-state index contributed by atoms with van der Waals surface area (Å²) in [6, 6.07) is 0. The fraction of sp³-hybridized carbons (Fsp3) is 1.00. The molecule has 0 bridgehead atoms. The van der Waals surface area contributed by atoms with Crippen LogP contribution in [0.2, 0.25) is 0 Å². The first-order chi connectivity index (χ1) is 8.40.